The molecule has 8 heteroatoms. The zero-order valence-corrected chi connectivity index (χ0v) is 22.6. The molecule has 0 bridgehead atoms. The standard InChI is InChI=1S/C30H27ClN2O4S/c1-19-16-23(17-20(2)28(19)31)37-15-7-11-26-25-10-5-6-12-27(25)32-29(26)30(34)33-38(35,36)24-14-13-21-8-3-4-9-22(21)18-24/h3-6,8-10,12-14,16-18,32H,7,11,15H2,1-2H3,(H,33,34). The van der Waals surface area contributed by atoms with Crippen LogP contribution in [-0.2, 0) is 16.4 Å². The van der Waals surface area contributed by atoms with Gasteiger partial charge in [-0.2, -0.15) is 0 Å². The molecule has 0 saturated heterocycles. The summed E-state index contributed by atoms with van der Waals surface area (Å²) < 4.78 is 34.4. The number of fused-ring (bicyclic) bond motifs is 2. The quantitative estimate of drug-likeness (QED) is 0.211. The Bertz CT molecular complexity index is 1750. The molecule has 0 fully saturated rings. The number of hydrogen-bond donors (Lipinski definition) is 2. The number of aromatic nitrogens is 1. The number of aryl methyl sites for hydroxylation is 3. The Morgan fingerprint density at radius 3 is 2.37 bits per heavy atom. The average Bonchev–Trinajstić information content (AvgIpc) is 3.28. The van der Waals surface area contributed by atoms with Gasteiger partial charge in [0.2, 0.25) is 0 Å². The van der Waals surface area contributed by atoms with E-state index in [2.05, 4.69) is 9.71 Å². The Hall–Kier alpha value is -3.81. The molecule has 0 aliphatic carbocycles. The van der Waals surface area contributed by atoms with E-state index in [-0.39, 0.29) is 10.6 Å². The molecule has 4 aromatic carbocycles. The number of amides is 1. The fourth-order valence-electron chi connectivity index (χ4n) is 4.65. The van der Waals surface area contributed by atoms with Gasteiger partial charge in [0, 0.05) is 15.9 Å². The largest absolute Gasteiger partial charge is 0.494 e. The molecule has 1 aromatic heterocycles. The van der Waals surface area contributed by atoms with Gasteiger partial charge in [-0.1, -0.05) is 60.1 Å². The second-order valence-corrected chi connectivity index (χ2v) is 11.4. The van der Waals surface area contributed by atoms with E-state index in [1.54, 1.807) is 12.1 Å². The van der Waals surface area contributed by atoms with Crippen LogP contribution < -0.4 is 9.46 Å². The van der Waals surface area contributed by atoms with E-state index in [1.165, 1.54) is 6.07 Å². The lowest BCUT2D eigenvalue weighted by molar-refractivity contribution is 0.0976. The third-order valence-corrected chi connectivity index (χ3v) is 8.47. The van der Waals surface area contributed by atoms with Crippen molar-refractivity contribution in [3.05, 3.63) is 106 Å². The number of H-pyrrole nitrogens is 1. The first-order valence-corrected chi connectivity index (χ1v) is 14.1. The molecule has 0 radical (unpaired) electrons. The van der Waals surface area contributed by atoms with Gasteiger partial charge in [0.15, 0.2) is 0 Å². The fourth-order valence-corrected chi connectivity index (χ4v) is 5.75. The third kappa shape index (κ3) is 5.26. The molecular weight excluding hydrogens is 520 g/mol. The van der Waals surface area contributed by atoms with Gasteiger partial charge in [0.1, 0.15) is 11.4 Å². The van der Waals surface area contributed by atoms with Crippen molar-refractivity contribution in [1.82, 2.24) is 9.71 Å². The Balaban J connectivity index is 1.35. The minimum absolute atomic E-state index is 0.0316. The second kappa shape index (κ2) is 10.5. The van der Waals surface area contributed by atoms with Gasteiger partial charge >= 0.3 is 0 Å². The first-order valence-electron chi connectivity index (χ1n) is 12.3. The highest BCUT2D eigenvalue weighted by Crippen LogP contribution is 2.27. The molecule has 2 N–H and O–H groups in total. The van der Waals surface area contributed by atoms with Crippen LogP contribution in [0.4, 0.5) is 0 Å². The maximum Gasteiger partial charge on any atom is 0.281 e. The van der Waals surface area contributed by atoms with Crippen LogP contribution in [0.1, 0.15) is 33.6 Å². The van der Waals surface area contributed by atoms with E-state index >= 15 is 0 Å². The Labute approximate surface area is 226 Å². The highest BCUT2D eigenvalue weighted by Gasteiger charge is 2.23. The maximum atomic E-state index is 13.3. The SMILES string of the molecule is Cc1cc(OCCCc2c(C(=O)NS(=O)(=O)c3ccc4ccccc4c3)[nH]c3ccccc23)cc(C)c1Cl. The molecule has 0 atom stereocenters. The van der Waals surface area contributed by atoms with Crippen molar-refractivity contribution >= 4 is 49.2 Å². The smallest absolute Gasteiger partial charge is 0.281 e. The van der Waals surface area contributed by atoms with Gasteiger partial charge < -0.3 is 9.72 Å². The van der Waals surface area contributed by atoms with E-state index in [9.17, 15) is 13.2 Å². The van der Waals surface area contributed by atoms with Crippen LogP contribution in [0.25, 0.3) is 21.7 Å². The summed E-state index contributed by atoms with van der Waals surface area (Å²) in [5, 5.41) is 3.30. The zero-order valence-electron chi connectivity index (χ0n) is 21.0. The molecule has 0 aliphatic rings. The topological polar surface area (TPSA) is 88.3 Å². The number of nitrogens with one attached hydrogen (secondary N) is 2. The number of hydrogen-bond acceptors (Lipinski definition) is 4. The number of ether oxygens (including phenoxy) is 1. The first kappa shape index (κ1) is 25.8. The zero-order chi connectivity index (χ0) is 26.9. The molecule has 1 amide bonds. The van der Waals surface area contributed by atoms with Crippen molar-refractivity contribution < 1.29 is 17.9 Å². The summed E-state index contributed by atoms with van der Waals surface area (Å²) in [6.07, 6.45) is 1.15. The van der Waals surface area contributed by atoms with Crippen LogP contribution >= 0.6 is 11.6 Å². The van der Waals surface area contributed by atoms with Crippen LogP contribution in [0.15, 0.2) is 83.8 Å². The van der Waals surface area contributed by atoms with Gasteiger partial charge in [-0.25, -0.2) is 13.1 Å². The second-order valence-electron chi connectivity index (χ2n) is 9.29. The monoisotopic (exact) mass is 546 g/mol. The summed E-state index contributed by atoms with van der Waals surface area (Å²) in [6.45, 7) is 4.30. The highest BCUT2D eigenvalue weighted by atomic mass is 35.5. The Morgan fingerprint density at radius 1 is 0.921 bits per heavy atom. The molecule has 0 saturated carbocycles. The summed E-state index contributed by atoms with van der Waals surface area (Å²) in [5.74, 6) is 0.0389. The lowest BCUT2D eigenvalue weighted by atomic mass is 10.1. The summed E-state index contributed by atoms with van der Waals surface area (Å²) in [7, 11) is -4.08. The minimum Gasteiger partial charge on any atom is -0.494 e. The van der Waals surface area contributed by atoms with Crippen molar-refractivity contribution in [2.75, 3.05) is 6.61 Å². The number of aromatic amines is 1. The summed E-state index contributed by atoms with van der Waals surface area (Å²) in [6, 6.07) is 23.6. The molecule has 6 nitrogen and oxygen atoms in total. The number of para-hydroxylation sites is 1. The number of sulfonamides is 1. The fraction of sp³-hybridized carbons (Fsp3) is 0.167. The van der Waals surface area contributed by atoms with E-state index in [0.717, 1.165) is 49.1 Å². The van der Waals surface area contributed by atoms with E-state index in [4.69, 9.17) is 16.3 Å². The number of benzene rings is 4. The van der Waals surface area contributed by atoms with Crippen molar-refractivity contribution in [2.45, 2.75) is 31.6 Å². The lowest BCUT2D eigenvalue weighted by Crippen LogP contribution is -2.31. The predicted octanol–water partition coefficient (Wildman–Crippen LogP) is 6.72. The van der Waals surface area contributed by atoms with Crippen molar-refractivity contribution in [3.8, 4) is 5.75 Å². The predicted molar refractivity (Wildman–Crippen MR) is 152 cm³/mol. The Morgan fingerprint density at radius 2 is 1.61 bits per heavy atom. The van der Waals surface area contributed by atoms with Gasteiger partial charge in [-0.15, -0.1) is 0 Å². The molecular formula is C30H27ClN2O4S. The third-order valence-electron chi connectivity index (χ3n) is 6.55. The Kier molecular flexibility index (Phi) is 7.15. The maximum absolute atomic E-state index is 13.3. The van der Waals surface area contributed by atoms with Gasteiger partial charge in [0.25, 0.3) is 15.9 Å². The molecule has 5 rings (SSSR count). The number of halogens is 1. The normalized spacial score (nSPS) is 11.7. The summed E-state index contributed by atoms with van der Waals surface area (Å²) >= 11 is 6.25. The number of carbonyl (C=O) groups excluding carboxylic acids is 1. The van der Waals surface area contributed by atoms with Crippen LogP contribution in [-0.4, -0.2) is 25.9 Å². The van der Waals surface area contributed by atoms with E-state index in [0.29, 0.717) is 19.4 Å². The minimum atomic E-state index is -4.08. The van der Waals surface area contributed by atoms with Crippen molar-refractivity contribution in [2.24, 2.45) is 0 Å². The van der Waals surface area contributed by atoms with Crippen LogP contribution in [0, 0.1) is 13.8 Å². The molecule has 38 heavy (non-hydrogen) atoms. The lowest BCUT2D eigenvalue weighted by Gasteiger charge is -2.11. The van der Waals surface area contributed by atoms with Crippen molar-refractivity contribution in [1.29, 1.82) is 0 Å². The first-order chi connectivity index (χ1) is 18.2. The van der Waals surface area contributed by atoms with E-state index in [1.807, 2.05) is 74.5 Å². The van der Waals surface area contributed by atoms with Gasteiger partial charge in [-0.3, -0.25) is 4.79 Å². The molecule has 1 heterocycles. The molecule has 5 aromatic rings. The molecule has 0 aliphatic heterocycles. The molecule has 194 valence electrons. The van der Waals surface area contributed by atoms with Crippen molar-refractivity contribution in [3.63, 3.8) is 0 Å². The average molecular weight is 547 g/mol. The molecule has 0 unspecified atom stereocenters. The van der Waals surface area contributed by atoms with Gasteiger partial charge in [-0.05, 0) is 84.5 Å². The van der Waals surface area contributed by atoms with Crippen LogP contribution in [0.5, 0.6) is 5.75 Å². The number of carbonyl (C=O) groups is 1. The molecule has 0 spiro atoms. The summed E-state index contributed by atoms with van der Waals surface area (Å²) in [4.78, 5) is 16.4. The number of rotatable bonds is 8. The van der Waals surface area contributed by atoms with Crippen LogP contribution in [0.3, 0.4) is 0 Å². The summed E-state index contributed by atoms with van der Waals surface area (Å²) in [5.41, 5.74) is 3.64. The van der Waals surface area contributed by atoms with Crippen LogP contribution in [0.2, 0.25) is 5.02 Å². The van der Waals surface area contributed by atoms with E-state index < -0.39 is 15.9 Å². The van der Waals surface area contributed by atoms with Gasteiger partial charge in [0.05, 0.1) is 11.5 Å². The highest BCUT2D eigenvalue weighted by molar-refractivity contribution is 7.90.